The topological polar surface area (TPSA) is 53.1 Å². The molecule has 2 aliphatic heterocycles. The van der Waals surface area contributed by atoms with Gasteiger partial charge in [-0.1, -0.05) is 23.7 Å². The minimum Gasteiger partial charge on any atom is -0.379 e. The Morgan fingerprint density at radius 3 is 2.41 bits per heavy atom. The van der Waals surface area contributed by atoms with E-state index in [1.54, 1.807) is 17.1 Å². The average molecular weight is 392 g/mol. The van der Waals surface area contributed by atoms with Crippen LogP contribution >= 0.6 is 11.6 Å². The molecule has 0 atom stereocenters. The van der Waals surface area contributed by atoms with Crippen molar-refractivity contribution in [1.82, 2.24) is 14.7 Å². The number of benzene rings is 1. The number of ether oxygens (including phenoxy) is 1. The van der Waals surface area contributed by atoms with E-state index in [1.165, 1.54) is 0 Å². The third kappa shape index (κ3) is 5.54. The monoisotopic (exact) mass is 391 g/mol. The van der Waals surface area contributed by atoms with E-state index in [0.29, 0.717) is 51.0 Å². The zero-order chi connectivity index (χ0) is 19.2. The first-order valence-electron chi connectivity index (χ1n) is 9.34. The zero-order valence-corrected chi connectivity index (χ0v) is 16.5. The highest BCUT2D eigenvalue weighted by Crippen LogP contribution is 2.17. The van der Waals surface area contributed by atoms with E-state index in [0.717, 1.165) is 24.2 Å². The molecule has 0 aliphatic carbocycles. The van der Waals surface area contributed by atoms with Gasteiger partial charge in [-0.05, 0) is 30.2 Å². The molecule has 0 spiro atoms. The molecule has 1 aromatic carbocycles. The molecule has 146 valence electrons. The second-order valence-corrected chi connectivity index (χ2v) is 7.34. The summed E-state index contributed by atoms with van der Waals surface area (Å²) in [4.78, 5) is 30.6. The van der Waals surface area contributed by atoms with Gasteiger partial charge in [0, 0.05) is 50.4 Å². The maximum atomic E-state index is 12.4. The lowest BCUT2D eigenvalue weighted by atomic mass is 10.1. The molecule has 6 nitrogen and oxygen atoms in total. The van der Waals surface area contributed by atoms with Crippen LogP contribution < -0.4 is 0 Å². The Labute approximate surface area is 165 Å². The van der Waals surface area contributed by atoms with Gasteiger partial charge in [0.2, 0.25) is 11.8 Å². The number of carbonyl (C=O) groups is 2. The number of carbonyl (C=O) groups excluding carboxylic acids is 2. The molecule has 0 aromatic heterocycles. The molecule has 27 heavy (non-hydrogen) atoms. The number of rotatable bonds is 4. The Bertz CT molecular complexity index is 708. The van der Waals surface area contributed by atoms with Gasteiger partial charge in [0.05, 0.1) is 19.8 Å². The molecule has 2 heterocycles. The lowest BCUT2D eigenvalue weighted by molar-refractivity contribution is -0.138. The molecule has 2 fully saturated rings. The normalized spacial score (nSPS) is 18.9. The van der Waals surface area contributed by atoms with Crippen LogP contribution in [0.1, 0.15) is 11.1 Å². The van der Waals surface area contributed by atoms with Crippen LogP contribution in [-0.4, -0.2) is 85.5 Å². The van der Waals surface area contributed by atoms with E-state index in [1.807, 2.05) is 30.0 Å². The van der Waals surface area contributed by atoms with Crippen molar-refractivity contribution in [2.75, 3.05) is 59.0 Å². The van der Waals surface area contributed by atoms with Gasteiger partial charge in [-0.15, -0.1) is 0 Å². The maximum Gasteiger partial charge on any atom is 0.246 e. The highest BCUT2D eigenvalue weighted by molar-refractivity contribution is 6.31. The second-order valence-electron chi connectivity index (χ2n) is 6.94. The molecule has 0 unspecified atom stereocenters. The van der Waals surface area contributed by atoms with Crippen LogP contribution in [0.2, 0.25) is 5.02 Å². The van der Waals surface area contributed by atoms with E-state index in [-0.39, 0.29) is 11.8 Å². The lowest BCUT2D eigenvalue weighted by Crippen LogP contribution is -2.53. The third-order valence-corrected chi connectivity index (χ3v) is 5.43. The molecule has 0 radical (unpaired) electrons. The standard InChI is InChI=1S/C20H26ClN3O3/c1-16-2-3-17(14-18(16)21)4-5-19(25)23-6-8-24(9-7-23)20(26)15-22-10-12-27-13-11-22/h2-5,14H,6-13,15H2,1H3/b5-4+. The van der Waals surface area contributed by atoms with E-state index in [4.69, 9.17) is 16.3 Å². The summed E-state index contributed by atoms with van der Waals surface area (Å²) in [5.41, 5.74) is 1.91. The van der Waals surface area contributed by atoms with Crippen LogP contribution in [0.3, 0.4) is 0 Å². The van der Waals surface area contributed by atoms with Gasteiger partial charge in [0.1, 0.15) is 0 Å². The Morgan fingerprint density at radius 1 is 1.07 bits per heavy atom. The maximum absolute atomic E-state index is 12.4. The zero-order valence-electron chi connectivity index (χ0n) is 15.7. The van der Waals surface area contributed by atoms with Crippen LogP contribution in [0.25, 0.3) is 6.08 Å². The summed E-state index contributed by atoms with van der Waals surface area (Å²) in [5.74, 6) is 0.0980. The quantitative estimate of drug-likeness (QED) is 0.732. The number of morpholine rings is 1. The summed E-state index contributed by atoms with van der Waals surface area (Å²) in [6, 6.07) is 5.72. The van der Waals surface area contributed by atoms with Gasteiger partial charge in [-0.25, -0.2) is 0 Å². The molecule has 0 N–H and O–H groups in total. The predicted octanol–water partition coefficient (Wildman–Crippen LogP) is 1.66. The SMILES string of the molecule is Cc1ccc(/C=C/C(=O)N2CCN(C(=O)CN3CCOCC3)CC2)cc1Cl. The van der Waals surface area contributed by atoms with Crippen LogP contribution in [-0.2, 0) is 14.3 Å². The predicted molar refractivity (Wildman–Crippen MR) is 106 cm³/mol. The number of hydrogen-bond donors (Lipinski definition) is 0. The van der Waals surface area contributed by atoms with Gasteiger partial charge in [-0.2, -0.15) is 0 Å². The fourth-order valence-electron chi connectivity index (χ4n) is 3.21. The first kappa shape index (κ1) is 19.9. The fraction of sp³-hybridized carbons (Fsp3) is 0.500. The smallest absolute Gasteiger partial charge is 0.246 e. The van der Waals surface area contributed by atoms with E-state index in [2.05, 4.69) is 4.90 Å². The van der Waals surface area contributed by atoms with Crippen molar-refractivity contribution in [2.45, 2.75) is 6.92 Å². The van der Waals surface area contributed by atoms with E-state index in [9.17, 15) is 9.59 Å². The first-order valence-corrected chi connectivity index (χ1v) is 9.72. The van der Waals surface area contributed by atoms with Crippen LogP contribution in [0, 0.1) is 6.92 Å². The summed E-state index contributed by atoms with van der Waals surface area (Å²) in [7, 11) is 0. The molecule has 3 rings (SSSR count). The number of aryl methyl sites for hydroxylation is 1. The van der Waals surface area contributed by atoms with Crippen LogP contribution in [0.4, 0.5) is 0 Å². The van der Waals surface area contributed by atoms with Crippen molar-refractivity contribution in [2.24, 2.45) is 0 Å². The van der Waals surface area contributed by atoms with Gasteiger partial charge in [0.15, 0.2) is 0 Å². The number of halogens is 1. The minimum absolute atomic E-state index is 0.0352. The number of piperazine rings is 1. The molecule has 2 aliphatic rings. The van der Waals surface area contributed by atoms with E-state index >= 15 is 0 Å². The summed E-state index contributed by atoms with van der Waals surface area (Å²) in [6.45, 7) is 7.65. The van der Waals surface area contributed by atoms with Crippen molar-refractivity contribution >= 4 is 29.5 Å². The Morgan fingerprint density at radius 2 is 1.74 bits per heavy atom. The molecule has 0 saturated carbocycles. The second kappa shape index (κ2) is 9.35. The molecule has 0 bridgehead atoms. The number of nitrogens with zero attached hydrogens (tertiary/aromatic N) is 3. The molecule has 1 aromatic rings. The van der Waals surface area contributed by atoms with Crippen molar-refractivity contribution in [3.8, 4) is 0 Å². The van der Waals surface area contributed by atoms with Gasteiger partial charge >= 0.3 is 0 Å². The first-order chi connectivity index (χ1) is 13.0. The third-order valence-electron chi connectivity index (χ3n) is 5.02. The number of hydrogen-bond acceptors (Lipinski definition) is 4. The fourth-order valence-corrected chi connectivity index (χ4v) is 3.40. The summed E-state index contributed by atoms with van der Waals surface area (Å²) in [6.07, 6.45) is 3.36. The summed E-state index contributed by atoms with van der Waals surface area (Å²) >= 11 is 6.12. The Kier molecular flexibility index (Phi) is 6.88. The van der Waals surface area contributed by atoms with Gasteiger partial charge < -0.3 is 14.5 Å². The molecule has 2 saturated heterocycles. The molecular formula is C20H26ClN3O3. The summed E-state index contributed by atoms with van der Waals surface area (Å²) < 4.78 is 5.31. The highest BCUT2D eigenvalue weighted by atomic mass is 35.5. The van der Waals surface area contributed by atoms with Gasteiger partial charge in [-0.3, -0.25) is 14.5 Å². The lowest BCUT2D eigenvalue weighted by Gasteiger charge is -2.36. The van der Waals surface area contributed by atoms with Crippen molar-refractivity contribution in [1.29, 1.82) is 0 Å². The molecule has 7 heteroatoms. The highest BCUT2D eigenvalue weighted by Gasteiger charge is 2.24. The molecule has 2 amide bonds. The molecular weight excluding hydrogens is 366 g/mol. The van der Waals surface area contributed by atoms with Crippen molar-refractivity contribution in [3.63, 3.8) is 0 Å². The van der Waals surface area contributed by atoms with Gasteiger partial charge in [0.25, 0.3) is 0 Å². The van der Waals surface area contributed by atoms with Crippen LogP contribution in [0.15, 0.2) is 24.3 Å². The average Bonchev–Trinajstić information content (AvgIpc) is 2.69. The largest absolute Gasteiger partial charge is 0.379 e. The van der Waals surface area contributed by atoms with Crippen molar-refractivity contribution < 1.29 is 14.3 Å². The minimum atomic E-state index is -0.0352. The Balaban J connectivity index is 1.46. The van der Waals surface area contributed by atoms with E-state index < -0.39 is 0 Å². The summed E-state index contributed by atoms with van der Waals surface area (Å²) in [5, 5.41) is 0.692. The van der Waals surface area contributed by atoms with Crippen LogP contribution in [0.5, 0.6) is 0 Å². The number of amides is 2. The Hall–Kier alpha value is -1.89. The van der Waals surface area contributed by atoms with Crippen molar-refractivity contribution in [3.05, 3.63) is 40.4 Å².